The molecule has 0 unspecified atom stereocenters. The Morgan fingerprint density at radius 3 is 2.19 bits per heavy atom. The van der Waals surface area contributed by atoms with Crippen LogP contribution in [0, 0.1) is 5.82 Å². The van der Waals surface area contributed by atoms with Gasteiger partial charge in [0.2, 0.25) is 15.9 Å². The van der Waals surface area contributed by atoms with E-state index in [2.05, 4.69) is 5.32 Å². The number of amides is 2. The maximum absolute atomic E-state index is 13.1. The number of rotatable bonds is 10. The minimum absolute atomic E-state index is 0.0566. The quantitative estimate of drug-likeness (QED) is 0.602. The van der Waals surface area contributed by atoms with Crippen molar-refractivity contribution in [2.24, 2.45) is 0 Å². The highest BCUT2D eigenvalue weighted by atomic mass is 32.2. The van der Waals surface area contributed by atoms with Gasteiger partial charge in [-0.05, 0) is 56.7 Å². The first-order chi connectivity index (χ1) is 14.7. The lowest BCUT2D eigenvalue weighted by Crippen LogP contribution is -2.32. The van der Waals surface area contributed by atoms with E-state index in [1.807, 2.05) is 13.8 Å². The molecule has 0 saturated carbocycles. The Labute approximate surface area is 182 Å². The van der Waals surface area contributed by atoms with E-state index < -0.39 is 15.8 Å². The Bertz CT molecular complexity index is 1010. The van der Waals surface area contributed by atoms with E-state index in [9.17, 15) is 22.4 Å². The van der Waals surface area contributed by atoms with E-state index in [1.54, 1.807) is 29.2 Å². The second-order valence-electron chi connectivity index (χ2n) is 6.99. The Hall–Kier alpha value is -2.94. The summed E-state index contributed by atoms with van der Waals surface area (Å²) in [5, 5.41) is 2.75. The van der Waals surface area contributed by atoms with E-state index in [4.69, 9.17) is 0 Å². The molecule has 0 aliphatic heterocycles. The number of benzene rings is 2. The fourth-order valence-electron chi connectivity index (χ4n) is 3.15. The van der Waals surface area contributed by atoms with E-state index in [-0.39, 0.29) is 31.2 Å². The molecule has 0 fully saturated rings. The van der Waals surface area contributed by atoms with E-state index >= 15 is 0 Å². The van der Waals surface area contributed by atoms with Crippen LogP contribution in [0.5, 0.6) is 0 Å². The van der Waals surface area contributed by atoms with Crippen molar-refractivity contribution in [1.82, 2.24) is 4.90 Å². The van der Waals surface area contributed by atoms with Crippen LogP contribution in [-0.2, 0) is 14.8 Å². The monoisotopic (exact) mass is 449 g/mol. The third-order valence-corrected chi connectivity index (χ3v) is 5.96. The van der Waals surface area contributed by atoms with Crippen LogP contribution in [-0.4, -0.2) is 51.0 Å². The number of sulfonamides is 1. The molecule has 0 saturated heterocycles. The number of carbonyl (C=O) groups is 2. The van der Waals surface area contributed by atoms with Crippen LogP contribution in [0.4, 0.5) is 15.8 Å². The molecule has 2 aromatic carbocycles. The Morgan fingerprint density at radius 1 is 1.00 bits per heavy atom. The van der Waals surface area contributed by atoms with Crippen LogP contribution < -0.4 is 9.62 Å². The van der Waals surface area contributed by atoms with Gasteiger partial charge in [0.05, 0.1) is 23.2 Å². The second kappa shape index (κ2) is 10.9. The molecule has 0 spiro atoms. The van der Waals surface area contributed by atoms with Crippen molar-refractivity contribution < 1.29 is 22.4 Å². The van der Waals surface area contributed by atoms with Gasteiger partial charge in [-0.3, -0.25) is 13.9 Å². The number of nitrogens with one attached hydrogen (secondary N) is 1. The van der Waals surface area contributed by atoms with Crippen molar-refractivity contribution in [1.29, 1.82) is 0 Å². The van der Waals surface area contributed by atoms with Gasteiger partial charge < -0.3 is 10.2 Å². The van der Waals surface area contributed by atoms with Crippen molar-refractivity contribution in [3.8, 4) is 0 Å². The molecule has 0 atom stereocenters. The van der Waals surface area contributed by atoms with Crippen molar-refractivity contribution in [3.63, 3.8) is 0 Å². The molecule has 168 valence electrons. The molecule has 7 nitrogen and oxygen atoms in total. The second-order valence-corrected chi connectivity index (χ2v) is 8.89. The summed E-state index contributed by atoms with van der Waals surface area (Å²) in [5.41, 5.74) is 1.16. The highest BCUT2D eigenvalue weighted by Crippen LogP contribution is 2.20. The SMILES string of the molecule is CCN(CC)C(=O)c1ccccc1NC(=O)CCCN(c1ccc(F)cc1)S(C)(=O)=O. The zero-order valence-electron chi connectivity index (χ0n) is 18.0. The van der Waals surface area contributed by atoms with E-state index in [0.29, 0.717) is 30.0 Å². The van der Waals surface area contributed by atoms with Crippen LogP contribution in [0.25, 0.3) is 0 Å². The van der Waals surface area contributed by atoms with Crippen molar-refractivity contribution in [2.75, 3.05) is 35.5 Å². The summed E-state index contributed by atoms with van der Waals surface area (Å²) in [6.45, 7) is 4.96. The maximum atomic E-state index is 13.1. The Morgan fingerprint density at radius 2 is 1.61 bits per heavy atom. The summed E-state index contributed by atoms with van der Waals surface area (Å²) < 4.78 is 38.5. The van der Waals surface area contributed by atoms with Gasteiger partial charge >= 0.3 is 0 Å². The van der Waals surface area contributed by atoms with Crippen LogP contribution >= 0.6 is 0 Å². The van der Waals surface area contributed by atoms with Gasteiger partial charge in [0.15, 0.2) is 0 Å². The maximum Gasteiger partial charge on any atom is 0.255 e. The standard InChI is InChI=1S/C22H28FN3O4S/c1-4-25(5-2)22(28)19-9-6-7-10-20(19)24-21(27)11-8-16-26(31(3,29)30)18-14-12-17(23)13-15-18/h6-7,9-10,12-15H,4-5,8,11,16H2,1-3H3,(H,24,27). The zero-order valence-corrected chi connectivity index (χ0v) is 18.8. The molecule has 0 aliphatic carbocycles. The zero-order chi connectivity index (χ0) is 23.0. The molecule has 31 heavy (non-hydrogen) atoms. The lowest BCUT2D eigenvalue weighted by atomic mass is 10.1. The van der Waals surface area contributed by atoms with E-state index in [1.165, 1.54) is 24.3 Å². The minimum atomic E-state index is -3.59. The van der Waals surface area contributed by atoms with Crippen molar-refractivity contribution >= 4 is 33.2 Å². The molecule has 2 amide bonds. The summed E-state index contributed by atoms with van der Waals surface area (Å²) >= 11 is 0. The Balaban J connectivity index is 2.03. The van der Waals surface area contributed by atoms with Crippen molar-refractivity contribution in [3.05, 3.63) is 59.9 Å². The number of carbonyl (C=O) groups excluding carboxylic acids is 2. The normalized spacial score (nSPS) is 11.1. The molecule has 0 bridgehead atoms. The number of halogens is 1. The topological polar surface area (TPSA) is 86.8 Å². The summed E-state index contributed by atoms with van der Waals surface area (Å²) in [6.07, 6.45) is 1.37. The summed E-state index contributed by atoms with van der Waals surface area (Å²) in [4.78, 5) is 26.8. The molecule has 0 aromatic heterocycles. The van der Waals surface area contributed by atoms with Crippen LogP contribution in [0.1, 0.15) is 37.0 Å². The number of anilines is 2. The Kier molecular flexibility index (Phi) is 8.56. The van der Waals surface area contributed by atoms with Crippen molar-refractivity contribution in [2.45, 2.75) is 26.7 Å². The smallest absolute Gasteiger partial charge is 0.255 e. The lowest BCUT2D eigenvalue weighted by Gasteiger charge is -2.22. The van der Waals surface area contributed by atoms with Gasteiger partial charge in [0.25, 0.3) is 5.91 Å². The van der Waals surface area contributed by atoms with Crippen LogP contribution in [0.2, 0.25) is 0 Å². The average Bonchev–Trinajstić information content (AvgIpc) is 2.72. The predicted octanol–water partition coefficient (Wildman–Crippen LogP) is 3.49. The number of para-hydroxylation sites is 1. The molecule has 0 radical (unpaired) electrons. The highest BCUT2D eigenvalue weighted by Gasteiger charge is 2.19. The fourth-order valence-corrected chi connectivity index (χ4v) is 4.11. The molecule has 2 aromatic rings. The predicted molar refractivity (Wildman–Crippen MR) is 120 cm³/mol. The van der Waals surface area contributed by atoms with Gasteiger partial charge in [0.1, 0.15) is 5.82 Å². The first kappa shape index (κ1) is 24.3. The molecule has 1 N–H and O–H groups in total. The number of nitrogens with zero attached hydrogens (tertiary/aromatic N) is 2. The molecule has 0 aliphatic rings. The summed E-state index contributed by atoms with van der Waals surface area (Å²) in [5.74, 6) is -0.956. The fraction of sp³-hybridized carbons (Fsp3) is 0.364. The molecule has 9 heteroatoms. The molecule has 2 rings (SSSR count). The average molecular weight is 450 g/mol. The third kappa shape index (κ3) is 6.78. The summed E-state index contributed by atoms with van der Waals surface area (Å²) in [6, 6.07) is 11.9. The van der Waals surface area contributed by atoms with Gasteiger partial charge in [0, 0.05) is 26.1 Å². The van der Waals surface area contributed by atoms with Crippen LogP contribution in [0.3, 0.4) is 0 Å². The van der Waals surface area contributed by atoms with E-state index in [0.717, 1.165) is 10.6 Å². The summed E-state index contributed by atoms with van der Waals surface area (Å²) in [7, 11) is -3.59. The first-order valence-electron chi connectivity index (χ1n) is 10.1. The largest absolute Gasteiger partial charge is 0.339 e. The number of hydrogen-bond donors (Lipinski definition) is 1. The lowest BCUT2D eigenvalue weighted by molar-refractivity contribution is -0.116. The van der Waals surface area contributed by atoms with Gasteiger partial charge in [-0.15, -0.1) is 0 Å². The number of hydrogen-bond acceptors (Lipinski definition) is 4. The van der Waals surface area contributed by atoms with Gasteiger partial charge in [-0.1, -0.05) is 12.1 Å². The first-order valence-corrected chi connectivity index (χ1v) is 11.9. The molecular formula is C22H28FN3O4S. The van der Waals surface area contributed by atoms with Crippen LogP contribution in [0.15, 0.2) is 48.5 Å². The third-order valence-electron chi connectivity index (χ3n) is 4.76. The van der Waals surface area contributed by atoms with Gasteiger partial charge in [-0.25, -0.2) is 12.8 Å². The minimum Gasteiger partial charge on any atom is -0.339 e. The molecular weight excluding hydrogens is 421 g/mol. The molecule has 0 heterocycles. The highest BCUT2D eigenvalue weighted by molar-refractivity contribution is 7.92. The van der Waals surface area contributed by atoms with Gasteiger partial charge in [-0.2, -0.15) is 0 Å².